The Morgan fingerprint density at radius 1 is 1.07 bits per heavy atom. The summed E-state index contributed by atoms with van der Waals surface area (Å²) in [5.41, 5.74) is 7.12. The van der Waals surface area contributed by atoms with Crippen LogP contribution in [-0.2, 0) is 22.7 Å². The van der Waals surface area contributed by atoms with Crippen LogP contribution in [0.25, 0.3) is 11.3 Å². The molecule has 2 N–H and O–H groups in total. The number of aryl methyl sites for hydroxylation is 1. The van der Waals surface area contributed by atoms with Gasteiger partial charge in [-0.25, -0.2) is 4.98 Å². The fraction of sp³-hybridized carbons (Fsp3) is 0.467. The number of nitrogens with one attached hydrogen (secondary N) is 1. The molecule has 14 nitrogen and oxygen atoms in total. The molecule has 2 fully saturated rings. The van der Waals surface area contributed by atoms with Gasteiger partial charge in [0, 0.05) is 100 Å². The van der Waals surface area contributed by atoms with E-state index in [2.05, 4.69) is 74.2 Å². The number of piperazine rings is 1. The maximum absolute atomic E-state index is 13.4. The predicted octanol–water partition coefficient (Wildman–Crippen LogP) is 5.55. The van der Waals surface area contributed by atoms with E-state index in [9.17, 15) is 19.5 Å². The van der Waals surface area contributed by atoms with E-state index in [0.29, 0.717) is 43.1 Å². The minimum absolute atomic E-state index is 0.00940. The van der Waals surface area contributed by atoms with Gasteiger partial charge in [-0.1, -0.05) is 39.0 Å². The molecule has 6 heterocycles. The number of para-hydroxylation sites is 1. The molecule has 312 valence electrons. The van der Waals surface area contributed by atoms with E-state index in [0.717, 1.165) is 91.6 Å². The Hall–Kier alpha value is -5.76. The van der Waals surface area contributed by atoms with Crippen molar-refractivity contribution in [2.75, 3.05) is 61.0 Å². The second-order valence-corrected chi connectivity index (χ2v) is 16.0. The number of imide groups is 1. The Labute approximate surface area is 347 Å². The van der Waals surface area contributed by atoms with Crippen molar-refractivity contribution in [3.05, 3.63) is 83.0 Å². The number of aromatic nitrogens is 3. The van der Waals surface area contributed by atoms with Gasteiger partial charge >= 0.3 is 0 Å². The Morgan fingerprint density at radius 2 is 1.85 bits per heavy atom. The van der Waals surface area contributed by atoms with E-state index in [4.69, 9.17) is 9.72 Å². The summed E-state index contributed by atoms with van der Waals surface area (Å²) in [5.74, 6) is 1.33. The SMILES string of the molecule is CC.CCC12CC(Oc3ncc(CN4CCN(c5ccc6c(c5)C(=O)N(C(C)CCC(=O)NC=O)C6)CC4)cc3C)CN1c1cc(-c3ccccc3O)nnc1N(C)C2. The Morgan fingerprint density at radius 3 is 2.58 bits per heavy atom. The van der Waals surface area contributed by atoms with Crippen LogP contribution in [0.5, 0.6) is 11.6 Å². The molecular formula is C45H57N9O5. The van der Waals surface area contributed by atoms with Crippen LogP contribution in [0.1, 0.15) is 80.4 Å². The second-order valence-electron chi connectivity index (χ2n) is 16.0. The zero-order valence-electron chi connectivity index (χ0n) is 35.1. The van der Waals surface area contributed by atoms with E-state index in [1.54, 1.807) is 12.1 Å². The second kappa shape index (κ2) is 17.6. The standard InChI is InChI=1S/C43H51N9O5.C2H6/c1-5-43-21-33(25-52(43)37-20-36(34-8-6-7-9-38(34)54)46-47-40(37)48(4)26-43)57-41-28(2)18-30(22-44-41)23-49-14-16-50(17-15-49)32-12-11-31-24-51(42(56)35(31)19-32)29(3)10-13-39(55)45-27-53;1-2/h6-9,11-12,18-20,22,27,29,33,54H,5,10,13-17,21,23-26H2,1-4H3,(H,45,53,55);1-2H3. The molecule has 0 bridgehead atoms. The summed E-state index contributed by atoms with van der Waals surface area (Å²) in [5, 5.41) is 21.8. The zero-order valence-corrected chi connectivity index (χ0v) is 35.1. The molecule has 3 unspecified atom stereocenters. The fourth-order valence-corrected chi connectivity index (χ4v) is 9.12. The van der Waals surface area contributed by atoms with Crippen LogP contribution in [0, 0.1) is 6.92 Å². The lowest BCUT2D eigenvalue weighted by Crippen LogP contribution is -2.55. The molecule has 3 amide bonds. The molecule has 59 heavy (non-hydrogen) atoms. The van der Waals surface area contributed by atoms with Crippen LogP contribution < -0.4 is 24.8 Å². The minimum atomic E-state index is -0.334. The number of ether oxygens (including phenoxy) is 1. The third-order valence-electron chi connectivity index (χ3n) is 12.3. The summed E-state index contributed by atoms with van der Waals surface area (Å²) in [6, 6.07) is 17.5. The molecular weight excluding hydrogens is 747 g/mol. The van der Waals surface area contributed by atoms with Gasteiger partial charge in [0.1, 0.15) is 11.9 Å². The van der Waals surface area contributed by atoms with Gasteiger partial charge in [0.25, 0.3) is 5.91 Å². The van der Waals surface area contributed by atoms with Gasteiger partial charge in [-0.2, -0.15) is 0 Å². The summed E-state index contributed by atoms with van der Waals surface area (Å²) in [6.07, 6.45) is 4.76. The number of rotatable bonds is 12. The number of fused-ring (bicyclic) bond motifs is 4. The van der Waals surface area contributed by atoms with Gasteiger partial charge in [0.05, 0.1) is 23.5 Å². The third-order valence-corrected chi connectivity index (χ3v) is 12.3. The first kappa shape index (κ1) is 41.4. The van der Waals surface area contributed by atoms with Crippen molar-refractivity contribution in [2.24, 2.45) is 0 Å². The lowest BCUT2D eigenvalue weighted by Gasteiger charge is -2.47. The number of amides is 3. The number of carbonyl (C=O) groups excluding carboxylic acids is 3. The summed E-state index contributed by atoms with van der Waals surface area (Å²) >= 11 is 0. The number of phenolic OH excluding ortho intramolecular Hbond substituents is 1. The van der Waals surface area contributed by atoms with Crippen molar-refractivity contribution < 1.29 is 24.2 Å². The van der Waals surface area contributed by atoms with Gasteiger partial charge in [0.2, 0.25) is 18.2 Å². The number of phenols is 1. The number of hydrogen-bond acceptors (Lipinski definition) is 12. The molecule has 0 spiro atoms. The first-order valence-electron chi connectivity index (χ1n) is 21.0. The molecule has 8 rings (SSSR count). The van der Waals surface area contributed by atoms with E-state index in [-0.39, 0.29) is 41.7 Å². The number of carbonyl (C=O) groups is 3. The first-order valence-corrected chi connectivity index (χ1v) is 21.0. The van der Waals surface area contributed by atoms with Crippen LogP contribution in [0.15, 0.2) is 60.8 Å². The number of nitrogens with zero attached hydrogens (tertiary/aromatic N) is 8. The van der Waals surface area contributed by atoms with Gasteiger partial charge < -0.3 is 29.4 Å². The van der Waals surface area contributed by atoms with Crippen molar-refractivity contribution in [3.63, 3.8) is 0 Å². The van der Waals surface area contributed by atoms with Crippen LogP contribution in [-0.4, -0.2) is 112 Å². The van der Waals surface area contributed by atoms with Gasteiger partial charge in [-0.15, -0.1) is 10.2 Å². The lowest BCUT2D eigenvalue weighted by atomic mass is 9.89. The highest BCUT2D eigenvalue weighted by molar-refractivity contribution is 5.99. The average Bonchev–Trinajstić information content (AvgIpc) is 3.79. The maximum atomic E-state index is 13.4. The summed E-state index contributed by atoms with van der Waals surface area (Å²) in [7, 11) is 2.07. The Kier molecular flexibility index (Phi) is 12.4. The van der Waals surface area contributed by atoms with Crippen LogP contribution in [0.2, 0.25) is 0 Å². The van der Waals surface area contributed by atoms with Crippen molar-refractivity contribution in [1.82, 2.24) is 30.3 Å². The number of benzene rings is 2. The first-order chi connectivity index (χ1) is 28.6. The summed E-state index contributed by atoms with van der Waals surface area (Å²) < 4.78 is 6.68. The van der Waals surface area contributed by atoms with Crippen molar-refractivity contribution in [1.29, 1.82) is 0 Å². The number of likely N-dealkylation sites (N-methyl/N-ethyl adjacent to an activating group) is 1. The highest BCUT2D eigenvalue weighted by Crippen LogP contribution is 2.47. The van der Waals surface area contributed by atoms with E-state index >= 15 is 0 Å². The molecule has 4 aromatic rings. The molecule has 2 aromatic carbocycles. The number of pyridine rings is 1. The van der Waals surface area contributed by atoms with E-state index in [1.165, 1.54) is 0 Å². The smallest absolute Gasteiger partial charge is 0.254 e. The van der Waals surface area contributed by atoms with Crippen LogP contribution in [0.4, 0.5) is 17.2 Å². The van der Waals surface area contributed by atoms with Crippen molar-refractivity contribution >= 4 is 35.4 Å². The molecule has 0 saturated carbocycles. The number of aromatic hydroxyl groups is 1. The maximum Gasteiger partial charge on any atom is 0.254 e. The summed E-state index contributed by atoms with van der Waals surface area (Å²) in [6.45, 7) is 16.6. The van der Waals surface area contributed by atoms with E-state index in [1.807, 2.05) is 56.1 Å². The monoisotopic (exact) mass is 803 g/mol. The number of hydrogen-bond donors (Lipinski definition) is 2. The van der Waals surface area contributed by atoms with Gasteiger partial charge in [0.15, 0.2) is 5.82 Å². The predicted molar refractivity (Wildman–Crippen MR) is 229 cm³/mol. The molecule has 4 aliphatic heterocycles. The van der Waals surface area contributed by atoms with Crippen molar-refractivity contribution in [3.8, 4) is 22.9 Å². The fourth-order valence-electron chi connectivity index (χ4n) is 9.12. The normalized spacial score (nSPS) is 20.3. The summed E-state index contributed by atoms with van der Waals surface area (Å²) in [4.78, 5) is 51.7. The average molecular weight is 804 g/mol. The van der Waals surface area contributed by atoms with Crippen molar-refractivity contribution in [2.45, 2.75) is 91.1 Å². The lowest BCUT2D eigenvalue weighted by molar-refractivity contribution is -0.125. The largest absolute Gasteiger partial charge is 0.507 e. The molecule has 2 aromatic heterocycles. The Bertz CT molecular complexity index is 2180. The molecule has 4 aliphatic rings. The molecule has 2 saturated heterocycles. The Balaban J connectivity index is 0.00000260. The molecule has 0 radical (unpaired) electrons. The molecule has 0 aliphatic carbocycles. The van der Waals surface area contributed by atoms with Gasteiger partial charge in [-0.05, 0) is 74.2 Å². The number of anilines is 3. The van der Waals surface area contributed by atoms with E-state index < -0.39 is 0 Å². The highest BCUT2D eigenvalue weighted by Gasteiger charge is 2.50. The third kappa shape index (κ3) is 8.41. The molecule has 3 atom stereocenters. The molecule has 14 heteroatoms. The van der Waals surface area contributed by atoms with Gasteiger partial charge in [-0.3, -0.25) is 24.6 Å². The quantitative estimate of drug-likeness (QED) is 0.173. The van der Waals surface area contributed by atoms with Crippen LogP contribution >= 0.6 is 0 Å². The topological polar surface area (TPSA) is 148 Å². The highest BCUT2D eigenvalue weighted by atomic mass is 16.5. The van der Waals surface area contributed by atoms with Crippen LogP contribution in [0.3, 0.4) is 0 Å². The minimum Gasteiger partial charge on any atom is -0.507 e. The zero-order chi connectivity index (χ0) is 41.8.